The van der Waals surface area contributed by atoms with Crippen LogP contribution in [0.1, 0.15) is 11.1 Å². The molecule has 0 heterocycles. The van der Waals surface area contributed by atoms with Crippen molar-refractivity contribution in [3.8, 4) is 0 Å². The Morgan fingerprint density at radius 2 is 0.964 bits per heavy atom. The molecule has 28 heavy (non-hydrogen) atoms. The van der Waals surface area contributed by atoms with Gasteiger partial charge in [0.1, 0.15) is 0 Å². The third-order valence-corrected chi connectivity index (χ3v) is 6.72. The van der Waals surface area contributed by atoms with Gasteiger partial charge in [0.25, 0.3) is 20.0 Å². The lowest BCUT2D eigenvalue weighted by molar-refractivity contribution is 0.599. The highest BCUT2D eigenvalue weighted by Gasteiger charge is 2.20. The summed E-state index contributed by atoms with van der Waals surface area (Å²) in [6.07, 6.45) is 0. The predicted octanol–water partition coefficient (Wildman–Crippen LogP) is 3.91. The molecule has 0 saturated carbocycles. The number of rotatable bonds is 6. The van der Waals surface area contributed by atoms with Crippen molar-refractivity contribution in [2.24, 2.45) is 0 Å². The molecule has 3 aromatic carbocycles. The number of hydrogen-bond acceptors (Lipinski definition) is 4. The molecule has 8 heteroatoms. The van der Waals surface area contributed by atoms with Gasteiger partial charge in [0.05, 0.1) is 9.79 Å². The smallest absolute Gasteiger partial charge is 0.261 e. The van der Waals surface area contributed by atoms with Crippen molar-refractivity contribution in [1.82, 2.24) is 0 Å². The van der Waals surface area contributed by atoms with E-state index in [1.807, 2.05) is 26.0 Å². The van der Waals surface area contributed by atoms with Crippen LogP contribution in [-0.2, 0) is 20.0 Å². The van der Waals surface area contributed by atoms with Gasteiger partial charge >= 0.3 is 0 Å². The van der Waals surface area contributed by atoms with Gasteiger partial charge in [0, 0.05) is 11.4 Å². The van der Waals surface area contributed by atoms with Gasteiger partial charge in [-0.3, -0.25) is 9.44 Å². The first-order chi connectivity index (χ1) is 13.2. The van der Waals surface area contributed by atoms with Crippen LogP contribution in [0.5, 0.6) is 0 Å². The number of hydrogen-bond donors (Lipinski definition) is 2. The summed E-state index contributed by atoms with van der Waals surface area (Å²) in [6, 6.07) is 19.0. The van der Waals surface area contributed by atoms with Gasteiger partial charge in [-0.05, 0) is 67.4 Å². The van der Waals surface area contributed by atoms with Crippen LogP contribution in [0.15, 0.2) is 82.6 Å². The monoisotopic (exact) mass is 416 g/mol. The second-order valence-corrected chi connectivity index (χ2v) is 9.79. The Hall–Kier alpha value is -2.84. The second kappa shape index (κ2) is 7.65. The van der Waals surface area contributed by atoms with E-state index in [-0.39, 0.29) is 9.79 Å². The normalized spacial score (nSPS) is 11.8. The first kappa shape index (κ1) is 19.9. The van der Waals surface area contributed by atoms with E-state index < -0.39 is 20.0 Å². The molecule has 3 rings (SSSR count). The molecule has 0 fully saturated rings. The Morgan fingerprint density at radius 3 is 1.36 bits per heavy atom. The molecule has 0 radical (unpaired) electrons. The van der Waals surface area contributed by atoms with Crippen LogP contribution in [0, 0.1) is 13.8 Å². The molecule has 0 unspecified atom stereocenters. The maximum atomic E-state index is 12.7. The van der Waals surface area contributed by atoms with E-state index in [0.29, 0.717) is 11.4 Å². The molecule has 0 aliphatic heterocycles. The van der Waals surface area contributed by atoms with Crippen LogP contribution in [0.4, 0.5) is 11.4 Å². The Bertz CT molecular complexity index is 1130. The highest BCUT2D eigenvalue weighted by Crippen LogP contribution is 2.22. The first-order valence-corrected chi connectivity index (χ1v) is 11.4. The number of sulfonamides is 2. The molecule has 0 bridgehead atoms. The Kier molecular flexibility index (Phi) is 5.44. The summed E-state index contributed by atoms with van der Waals surface area (Å²) >= 11 is 0. The predicted molar refractivity (Wildman–Crippen MR) is 110 cm³/mol. The van der Waals surface area contributed by atoms with Crippen LogP contribution in [-0.4, -0.2) is 16.8 Å². The fourth-order valence-electron chi connectivity index (χ4n) is 2.65. The third kappa shape index (κ3) is 4.71. The summed E-state index contributed by atoms with van der Waals surface area (Å²) in [5.41, 5.74) is 2.62. The molecule has 2 N–H and O–H groups in total. The van der Waals surface area contributed by atoms with Crippen molar-refractivity contribution in [3.63, 3.8) is 0 Å². The largest absolute Gasteiger partial charge is 0.280 e. The lowest BCUT2D eigenvalue weighted by Gasteiger charge is -2.12. The van der Waals surface area contributed by atoms with Crippen LogP contribution in [0.2, 0.25) is 0 Å². The van der Waals surface area contributed by atoms with Crippen molar-refractivity contribution in [2.75, 3.05) is 9.44 Å². The van der Waals surface area contributed by atoms with E-state index >= 15 is 0 Å². The van der Waals surface area contributed by atoms with E-state index in [1.165, 1.54) is 18.2 Å². The quantitative estimate of drug-likeness (QED) is 0.637. The molecule has 0 aliphatic carbocycles. The lowest BCUT2D eigenvalue weighted by Crippen LogP contribution is -2.16. The number of anilines is 2. The van der Waals surface area contributed by atoms with Crippen LogP contribution in [0.25, 0.3) is 0 Å². The molecule has 0 amide bonds. The Balaban J connectivity index is 1.90. The summed E-state index contributed by atoms with van der Waals surface area (Å²) < 4.78 is 55.6. The molecular weight excluding hydrogens is 396 g/mol. The number of benzene rings is 3. The van der Waals surface area contributed by atoms with Gasteiger partial charge in [0.2, 0.25) is 0 Å². The maximum absolute atomic E-state index is 12.7. The first-order valence-electron chi connectivity index (χ1n) is 8.45. The summed E-state index contributed by atoms with van der Waals surface area (Å²) in [7, 11) is -7.87. The van der Waals surface area contributed by atoms with E-state index in [4.69, 9.17) is 0 Å². The highest BCUT2D eigenvalue weighted by atomic mass is 32.2. The molecule has 0 aliphatic rings. The standard InChI is InChI=1S/C20H20N2O4S2/c1-15-6-3-8-17(12-15)21-27(23,24)19-10-5-11-20(14-19)28(25,26)22-18-9-4-7-16(2)13-18/h3-14,21-22H,1-2H3. The van der Waals surface area contributed by atoms with Crippen molar-refractivity contribution in [2.45, 2.75) is 23.6 Å². The Morgan fingerprint density at radius 1 is 0.571 bits per heavy atom. The minimum Gasteiger partial charge on any atom is -0.280 e. The molecule has 146 valence electrons. The number of aryl methyl sites for hydroxylation is 2. The summed E-state index contributed by atoms with van der Waals surface area (Å²) in [4.78, 5) is -0.276. The minimum atomic E-state index is -3.93. The van der Waals surface area contributed by atoms with Gasteiger partial charge in [-0.25, -0.2) is 16.8 Å². The fraction of sp³-hybridized carbons (Fsp3) is 0.100. The molecule has 0 saturated heterocycles. The zero-order chi connectivity index (χ0) is 20.4. The maximum Gasteiger partial charge on any atom is 0.261 e. The van der Waals surface area contributed by atoms with Crippen molar-refractivity contribution >= 4 is 31.4 Å². The van der Waals surface area contributed by atoms with Gasteiger partial charge in [0.15, 0.2) is 0 Å². The van der Waals surface area contributed by atoms with E-state index in [2.05, 4.69) is 9.44 Å². The lowest BCUT2D eigenvalue weighted by atomic mass is 10.2. The average Bonchev–Trinajstić information content (AvgIpc) is 2.61. The second-order valence-electron chi connectivity index (χ2n) is 6.42. The van der Waals surface area contributed by atoms with E-state index in [9.17, 15) is 16.8 Å². The topological polar surface area (TPSA) is 92.3 Å². The van der Waals surface area contributed by atoms with Crippen molar-refractivity contribution in [3.05, 3.63) is 83.9 Å². The summed E-state index contributed by atoms with van der Waals surface area (Å²) in [6.45, 7) is 3.70. The average molecular weight is 417 g/mol. The van der Waals surface area contributed by atoms with Crippen molar-refractivity contribution in [1.29, 1.82) is 0 Å². The zero-order valence-electron chi connectivity index (χ0n) is 15.4. The van der Waals surface area contributed by atoms with E-state index in [0.717, 1.165) is 17.2 Å². The van der Waals surface area contributed by atoms with Crippen LogP contribution in [0.3, 0.4) is 0 Å². The minimum absolute atomic E-state index is 0.138. The van der Waals surface area contributed by atoms with Gasteiger partial charge < -0.3 is 0 Å². The SMILES string of the molecule is Cc1cccc(NS(=O)(=O)c2cccc(S(=O)(=O)Nc3cccc(C)c3)c2)c1. The van der Waals surface area contributed by atoms with Crippen molar-refractivity contribution < 1.29 is 16.8 Å². The van der Waals surface area contributed by atoms with E-state index in [1.54, 1.807) is 36.4 Å². The molecule has 3 aromatic rings. The zero-order valence-corrected chi connectivity index (χ0v) is 17.0. The molecule has 0 aromatic heterocycles. The summed E-state index contributed by atoms with van der Waals surface area (Å²) in [5, 5.41) is 0. The molecule has 0 spiro atoms. The number of nitrogens with one attached hydrogen (secondary N) is 2. The summed E-state index contributed by atoms with van der Waals surface area (Å²) in [5.74, 6) is 0. The third-order valence-electron chi connectivity index (χ3n) is 3.97. The van der Waals surface area contributed by atoms with Crippen LogP contribution >= 0.6 is 0 Å². The van der Waals surface area contributed by atoms with Gasteiger partial charge in [-0.2, -0.15) is 0 Å². The van der Waals surface area contributed by atoms with Gasteiger partial charge in [-0.1, -0.05) is 30.3 Å². The van der Waals surface area contributed by atoms with Gasteiger partial charge in [-0.15, -0.1) is 0 Å². The Labute approximate surface area is 165 Å². The molecular formula is C20H20N2O4S2. The highest BCUT2D eigenvalue weighted by molar-refractivity contribution is 7.93. The fourth-order valence-corrected chi connectivity index (χ4v) is 4.92. The van der Waals surface area contributed by atoms with Crippen LogP contribution < -0.4 is 9.44 Å². The molecule has 0 atom stereocenters. The molecule has 6 nitrogen and oxygen atoms in total.